The van der Waals surface area contributed by atoms with Crippen molar-refractivity contribution in [3.05, 3.63) is 0 Å². The smallest absolute Gasteiger partial charge is 0.324 e. The van der Waals surface area contributed by atoms with Gasteiger partial charge >= 0.3 is 12.0 Å². The molecule has 112 valence electrons. The fourth-order valence-electron chi connectivity index (χ4n) is 2.05. The van der Waals surface area contributed by atoms with Gasteiger partial charge < -0.3 is 15.7 Å². The molecular weight excluding hydrogens is 266 g/mol. The van der Waals surface area contributed by atoms with Gasteiger partial charge in [0.15, 0.2) is 0 Å². The molecule has 0 aliphatic carbocycles. The molecule has 0 radical (unpaired) electrons. The maximum absolute atomic E-state index is 11.8. The minimum atomic E-state index is -0.982. The number of amides is 4. The van der Waals surface area contributed by atoms with E-state index >= 15 is 0 Å². The zero-order chi connectivity index (χ0) is 15.1. The number of likely N-dealkylation sites (tertiary alicyclic amines) is 1. The second-order valence-corrected chi connectivity index (χ2v) is 4.79. The van der Waals surface area contributed by atoms with Gasteiger partial charge in [0.2, 0.25) is 11.8 Å². The zero-order valence-corrected chi connectivity index (χ0v) is 11.1. The van der Waals surface area contributed by atoms with Gasteiger partial charge in [-0.2, -0.15) is 0 Å². The SMILES string of the molecule is NC(=O)C1CCCN(C(=O)NC(=O)CCCC(=O)O)C1. The molecule has 1 aliphatic heterocycles. The molecule has 1 rings (SSSR count). The van der Waals surface area contributed by atoms with Gasteiger partial charge in [-0.25, -0.2) is 4.79 Å². The fraction of sp³-hybridized carbons (Fsp3) is 0.667. The minimum Gasteiger partial charge on any atom is -0.481 e. The molecule has 1 saturated heterocycles. The van der Waals surface area contributed by atoms with E-state index < -0.39 is 23.8 Å². The molecule has 4 amide bonds. The molecule has 0 aromatic heterocycles. The predicted molar refractivity (Wildman–Crippen MR) is 68.5 cm³/mol. The van der Waals surface area contributed by atoms with Crippen LogP contribution in [0.1, 0.15) is 32.1 Å². The first kappa shape index (κ1) is 15.9. The van der Waals surface area contributed by atoms with Crippen LogP contribution in [0.25, 0.3) is 0 Å². The van der Waals surface area contributed by atoms with Crippen molar-refractivity contribution in [3.8, 4) is 0 Å². The number of hydrogen-bond donors (Lipinski definition) is 3. The van der Waals surface area contributed by atoms with Gasteiger partial charge in [-0.05, 0) is 19.3 Å². The molecule has 0 aromatic rings. The number of carboxylic acid groups (broad SMARTS) is 1. The van der Waals surface area contributed by atoms with E-state index in [0.29, 0.717) is 19.4 Å². The number of imide groups is 1. The highest BCUT2D eigenvalue weighted by molar-refractivity contribution is 5.94. The third-order valence-electron chi connectivity index (χ3n) is 3.15. The first-order valence-electron chi connectivity index (χ1n) is 6.50. The number of nitrogens with zero attached hydrogens (tertiary/aromatic N) is 1. The van der Waals surface area contributed by atoms with Crippen molar-refractivity contribution in [1.82, 2.24) is 10.2 Å². The van der Waals surface area contributed by atoms with Crippen molar-refractivity contribution in [3.63, 3.8) is 0 Å². The zero-order valence-electron chi connectivity index (χ0n) is 11.1. The first-order chi connectivity index (χ1) is 9.40. The number of aliphatic carboxylic acids is 1. The fourth-order valence-corrected chi connectivity index (χ4v) is 2.05. The molecule has 0 aromatic carbocycles. The Hall–Kier alpha value is -2.12. The normalized spacial score (nSPS) is 18.4. The summed E-state index contributed by atoms with van der Waals surface area (Å²) in [5.41, 5.74) is 5.21. The number of nitrogens with one attached hydrogen (secondary N) is 1. The van der Waals surface area contributed by atoms with Gasteiger partial charge in [-0.15, -0.1) is 0 Å². The van der Waals surface area contributed by atoms with Crippen LogP contribution in [0.5, 0.6) is 0 Å². The molecule has 1 aliphatic rings. The lowest BCUT2D eigenvalue weighted by atomic mass is 9.98. The Kier molecular flexibility index (Phi) is 5.95. The minimum absolute atomic E-state index is 0.0227. The summed E-state index contributed by atoms with van der Waals surface area (Å²) in [6.45, 7) is 0.682. The number of carbonyl (C=O) groups excluding carboxylic acids is 3. The van der Waals surface area contributed by atoms with Crippen LogP contribution in [0.3, 0.4) is 0 Å². The van der Waals surface area contributed by atoms with Crippen molar-refractivity contribution in [2.75, 3.05) is 13.1 Å². The van der Waals surface area contributed by atoms with Gasteiger partial charge in [0, 0.05) is 25.9 Å². The summed E-state index contributed by atoms with van der Waals surface area (Å²) in [7, 11) is 0. The number of urea groups is 1. The molecule has 8 nitrogen and oxygen atoms in total. The Bertz CT molecular complexity index is 410. The van der Waals surface area contributed by atoms with Crippen LogP contribution in [-0.2, 0) is 14.4 Å². The van der Waals surface area contributed by atoms with Gasteiger partial charge in [-0.1, -0.05) is 0 Å². The molecule has 0 saturated carbocycles. The van der Waals surface area contributed by atoms with Gasteiger partial charge in [0.05, 0.1) is 5.92 Å². The summed E-state index contributed by atoms with van der Waals surface area (Å²) < 4.78 is 0. The molecular formula is C12H19N3O5. The van der Waals surface area contributed by atoms with E-state index in [-0.39, 0.29) is 31.7 Å². The number of rotatable bonds is 5. The van der Waals surface area contributed by atoms with Crippen molar-refractivity contribution >= 4 is 23.8 Å². The lowest BCUT2D eigenvalue weighted by molar-refractivity contribution is -0.137. The molecule has 1 atom stereocenters. The van der Waals surface area contributed by atoms with Gasteiger partial charge in [-0.3, -0.25) is 19.7 Å². The maximum Gasteiger partial charge on any atom is 0.324 e. The van der Waals surface area contributed by atoms with Gasteiger partial charge in [0.25, 0.3) is 0 Å². The van der Waals surface area contributed by atoms with E-state index in [1.807, 2.05) is 0 Å². The van der Waals surface area contributed by atoms with E-state index in [0.717, 1.165) is 0 Å². The highest BCUT2D eigenvalue weighted by Gasteiger charge is 2.27. The van der Waals surface area contributed by atoms with E-state index in [1.54, 1.807) is 0 Å². The predicted octanol–water partition coefficient (Wildman–Crippen LogP) is -0.325. The second kappa shape index (κ2) is 7.46. The van der Waals surface area contributed by atoms with Gasteiger partial charge in [0.1, 0.15) is 0 Å². The van der Waals surface area contributed by atoms with Crippen LogP contribution in [0.15, 0.2) is 0 Å². The number of carboxylic acids is 1. The summed E-state index contributed by atoms with van der Waals surface area (Å²) in [5.74, 6) is -2.33. The monoisotopic (exact) mass is 285 g/mol. The average Bonchev–Trinajstić information content (AvgIpc) is 2.38. The Morgan fingerprint density at radius 2 is 1.95 bits per heavy atom. The van der Waals surface area contributed by atoms with Crippen LogP contribution < -0.4 is 11.1 Å². The summed E-state index contributed by atoms with van der Waals surface area (Å²) in [5, 5.41) is 10.6. The van der Waals surface area contributed by atoms with Crippen LogP contribution in [0.2, 0.25) is 0 Å². The molecule has 20 heavy (non-hydrogen) atoms. The lowest BCUT2D eigenvalue weighted by Crippen LogP contribution is -2.49. The Morgan fingerprint density at radius 1 is 1.25 bits per heavy atom. The van der Waals surface area contributed by atoms with Crippen LogP contribution in [0.4, 0.5) is 4.79 Å². The molecule has 1 heterocycles. The van der Waals surface area contributed by atoms with E-state index in [2.05, 4.69) is 5.32 Å². The summed E-state index contributed by atoms with van der Waals surface area (Å²) in [6.07, 6.45) is 1.35. The lowest BCUT2D eigenvalue weighted by Gasteiger charge is -2.30. The molecule has 4 N–H and O–H groups in total. The van der Waals surface area contributed by atoms with E-state index in [1.165, 1.54) is 4.90 Å². The Balaban J connectivity index is 2.36. The molecule has 8 heteroatoms. The summed E-state index contributed by atoms with van der Waals surface area (Å²) in [4.78, 5) is 46.0. The highest BCUT2D eigenvalue weighted by atomic mass is 16.4. The van der Waals surface area contributed by atoms with E-state index in [4.69, 9.17) is 10.8 Å². The summed E-state index contributed by atoms with van der Waals surface area (Å²) >= 11 is 0. The maximum atomic E-state index is 11.8. The second-order valence-electron chi connectivity index (χ2n) is 4.79. The highest BCUT2D eigenvalue weighted by Crippen LogP contribution is 2.15. The number of hydrogen-bond acceptors (Lipinski definition) is 4. The molecule has 1 unspecified atom stereocenters. The topological polar surface area (TPSA) is 130 Å². The molecule has 0 bridgehead atoms. The summed E-state index contributed by atoms with van der Waals surface area (Å²) in [6, 6.07) is -0.559. The van der Waals surface area contributed by atoms with Crippen molar-refractivity contribution in [1.29, 1.82) is 0 Å². The Morgan fingerprint density at radius 3 is 2.55 bits per heavy atom. The number of piperidine rings is 1. The molecule has 0 spiro atoms. The molecule has 1 fully saturated rings. The third kappa shape index (κ3) is 5.25. The van der Waals surface area contributed by atoms with E-state index in [9.17, 15) is 19.2 Å². The number of primary amides is 1. The van der Waals surface area contributed by atoms with Crippen molar-refractivity contribution < 1.29 is 24.3 Å². The number of nitrogens with two attached hydrogens (primary N) is 1. The number of carbonyl (C=O) groups is 4. The van der Waals surface area contributed by atoms with Crippen LogP contribution in [-0.4, -0.2) is 46.9 Å². The van der Waals surface area contributed by atoms with Crippen molar-refractivity contribution in [2.24, 2.45) is 11.7 Å². The largest absolute Gasteiger partial charge is 0.481 e. The van der Waals surface area contributed by atoms with Crippen LogP contribution >= 0.6 is 0 Å². The Labute approximate surface area is 116 Å². The van der Waals surface area contributed by atoms with Crippen LogP contribution in [0, 0.1) is 5.92 Å². The standard InChI is InChI=1S/C12H19N3O5/c13-11(19)8-3-2-6-15(7-8)12(20)14-9(16)4-1-5-10(17)18/h8H,1-7H2,(H2,13,19)(H,17,18)(H,14,16,20). The van der Waals surface area contributed by atoms with Crippen molar-refractivity contribution in [2.45, 2.75) is 32.1 Å². The first-order valence-corrected chi connectivity index (χ1v) is 6.50. The average molecular weight is 285 g/mol. The third-order valence-corrected chi connectivity index (χ3v) is 3.15. The quantitative estimate of drug-likeness (QED) is 0.637.